The highest BCUT2D eigenvalue weighted by Gasteiger charge is 2.21. The average Bonchev–Trinajstić information content (AvgIpc) is 2.60. The van der Waals surface area contributed by atoms with Gasteiger partial charge >= 0.3 is 10.1 Å². The van der Waals surface area contributed by atoms with E-state index in [0.717, 1.165) is 5.56 Å². The summed E-state index contributed by atoms with van der Waals surface area (Å²) < 4.78 is 28.0. The number of hydrogen-bond acceptors (Lipinski definition) is 4. The predicted octanol–water partition coefficient (Wildman–Crippen LogP) is 4.12. The third kappa shape index (κ3) is 5.22. The summed E-state index contributed by atoms with van der Waals surface area (Å²) in [6.07, 6.45) is 0. The number of amides is 1. The second-order valence-corrected chi connectivity index (χ2v) is 8.35. The first kappa shape index (κ1) is 20.3. The molecule has 0 aliphatic rings. The minimum Gasteiger partial charge on any atom is -0.382 e. The highest BCUT2D eigenvalue weighted by Crippen LogP contribution is 2.21. The van der Waals surface area contributed by atoms with Crippen molar-refractivity contribution in [3.05, 3.63) is 64.7 Å². The van der Waals surface area contributed by atoms with Crippen LogP contribution in [0.3, 0.4) is 0 Å². The molecule has 0 aliphatic carbocycles. The zero-order chi connectivity index (χ0) is 19.3. The van der Waals surface area contributed by atoms with Gasteiger partial charge < -0.3 is 9.08 Å². The van der Waals surface area contributed by atoms with Crippen molar-refractivity contribution in [1.29, 1.82) is 0 Å². The van der Waals surface area contributed by atoms with E-state index in [2.05, 4.69) is 0 Å². The van der Waals surface area contributed by atoms with Crippen molar-refractivity contribution >= 4 is 27.6 Å². The molecule has 26 heavy (non-hydrogen) atoms. The number of hydrogen-bond donors (Lipinski definition) is 0. The Morgan fingerprint density at radius 2 is 1.73 bits per heavy atom. The molecule has 0 bridgehead atoms. The van der Waals surface area contributed by atoms with Crippen LogP contribution in [0.2, 0.25) is 5.02 Å². The Bertz CT molecular complexity index is 863. The fourth-order valence-corrected chi connectivity index (χ4v) is 3.07. The van der Waals surface area contributed by atoms with Crippen LogP contribution in [0, 0.1) is 0 Å². The van der Waals surface area contributed by atoms with Crippen molar-refractivity contribution in [2.24, 2.45) is 0 Å². The Hall–Kier alpha value is -2.05. The van der Waals surface area contributed by atoms with Crippen LogP contribution < -0.4 is 4.18 Å². The third-order valence-electron chi connectivity index (χ3n) is 3.84. The summed E-state index contributed by atoms with van der Waals surface area (Å²) >= 11 is 6.15. The number of benzene rings is 2. The molecule has 2 aromatic rings. The molecule has 7 heteroatoms. The number of carbonyl (C=O) groups is 1. The summed E-state index contributed by atoms with van der Waals surface area (Å²) in [6.45, 7) is 5.76. The smallest absolute Gasteiger partial charge is 0.308 e. The van der Waals surface area contributed by atoms with Gasteiger partial charge in [0.1, 0.15) is 5.75 Å². The molecule has 0 radical (unpaired) electrons. The molecular formula is C19H22ClNO4S. The number of carbonyl (C=O) groups excluding carboxylic acids is 1. The Morgan fingerprint density at radius 1 is 1.12 bits per heavy atom. The maximum absolute atomic E-state index is 12.8. The van der Waals surface area contributed by atoms with Gasteiger partial charge in [-0.15, -0.1) is 0 Å². The zero-order valence-electron chi connectivity index (χ0n) is 15.0. The SMILES string of the molecule is CCS(=O)(=O)Oc1ccc(CN(C(=O)c2ccccc2Cl)C(C)C)cc1. The zero-order valence-corrected chi connectivity index (χ0v) is 16.5. The monoisotopic (exact) mass is 395 g/mol. The lowest BCUT2D eigenvalue weighted by molar-refractivity contribution is 0.0690. The lowest BCUT2D eigenvalue weighted by Gasteiger charge is -2.27. The fourth-order valence-electron chi connectivity index (χ4n) is 2.33. The van der Waals surface area contributed by atoms with Gasteiger partial charge in [0.15, 0.2) is 0 Å². The maximum atomic E-state index is 12.8. The molecule has 5 nitrogen and oxygen atoms in total. The van der Waals surface area contributed by atoms with E-state index >= 15 is 0 Å². The molecule has 0 saturated carbocycles. The summed E-state index contributed by atoms with van der Waals surface area (Å²) in [7, 11) is -3.56. The summed E-state index contributed by atoms with van der Waals surface area (Å²) in [5, 5.41) is 0.414. The van der Waals surface area contributed by atoms with Gasteiger partial charge in [-0.25, -0.2) is 0 Å². The molecule has 0 saturated heterocycles. The van der Waals surface area contributed by atoms with Crippen LogP contribution >= 0.6 is 11.6 Å². The molecule has 0 unspecified atom stereocenters. The Labute approximate surface area is 159 Å². The summed E-state index contributed by atoms with van der Waals surface area (Å²) in [5.41, 5.74) is 1.32. The Kier molecular flexibility index (Phi) is 6.67. The van der Waals surface area contributed by atoms with Crippen LogP contribution in [0.15, 0.2) is 48.5 Å². The largest absolute Gasteiger partial charge is 0.382 e. The molecular weight excluding hydrogens is 374 g/mol. The van der Waals surface area contributed by atoms with E-state index in [4.69, 9.17) is 15.8 Å². The molecule has 0 N–H and O–H groups in total. The first-order valence-electron chi connectivity index (χ1n) is 8.30. The molecule has 2 aromatic carbocycles. The fraction of sp³-hybridized carbons (Fsp3) is 0.316. The van der Waals surface area contributed by atoms with Crippen LogP contribution in [0.25, 0.3) is 0 Å². The average molecular weight is 396 g/mol. The van der Waals surface area contributed by atoms with Crippen molar-refractivity contribution in [2.45, 2.75) is 33.4 Å². The van der Waals surface area contributed by atoms with Crippen molar-refractivity contribution < 1.29 is 17.4 Å². The van der Waals surface area contributed by atoms with Crippen LogP contribution in [-0.4, -0.2) is 31.0 Å². The lowest BCUT2D eigenvalue weighted by Crippen LogP contribution is -2.36. The van der Waals surface area contributed by atoms with Gasteiger partial charge in [0.2, 0.25) is 0 Å². The topological polar surface area (TPSA) is 63.7 Å². The molecule has 0 fully saturated rings. The van der Waals surface area contributed by atoms with Crippen LogP contribution in [0.1, 0.15) is 36.7 Å². The van der Waals surface area contributed by atoms with Crippen molar-refractivity contribution in [1.82, 2.24) is 4.90 Å². The minimum absolute atomic E-state index is 0.0323. The van der Waals surface area contributed by atoms with E-state index in [1.165, 1.54) is 6.92 Å². The Morgan fingerprint density at radius 3 is 2.27 bits per heavy atom. The quantitative estimate of drug-likeness (QED) is 0.661. The van der Waals surface area contributed by atoms with E-state index in [1.807, 2.05) is 13.8 Å². The highest BCUT2D eigenvalue weighted by atomic mass is 35.5. The highest BCUT2D eigenvalue weighted by molar-refractivity contribution is 7.87. The lowest BCUT2D eigenvalue weighted by atomic mass is 10.1. The van der Waals surface area contributed by atoms with Gasteiger partial charge in [-0.2, -0.15) is 8.42 Å². The maximum Gasteiger partial charge on any atom is 0.308 e. The third-order valence-corrected chi connectivity index (χ3v) is 5.32. The van der Waals surface area contributed by atoms with Gasteiger partial charge in [-0.1, -0.05) is 35.9 Å². The van der Waals surface area contributed by atoms with E-state index in [9.17, 15) is 13.2 Å². The number of nitrogens with zero attached hydrogens (tertiary/aromatic N) is 1. The van der Waals surface area contributed by atoms with Gasteiger partial charge in [0.05, 0.1) is 16.3 Å². The van der Waals surface area contributed by atoms with E-state index in [1.54, 1.807) is 53.4 Å². The van der Waals surface area contributed by atoms with Gasteiger partial charge in [-0.05, 0) is 50.6 Å². The molecule has 0 spiro atoms. The normalized spacial score (nSPS) is 11.4. The number of halogens is 1. The summed E-state index contributed by atoms with van der Waals surface area (Å²) in [5.74, 6) is 0.00554. The second kappa shape index (κ2) is 8.56. The Balaban J connectivity index is 2.18. The van der Waals surface area contributed by atoms with Crippen molar-refractivity contribution in [3.8, 4) is 5.75 Å². The first-order valence-corrected chi connectivity index (χ1v) is 10.3. The van der Waals surface area contributed by atoms with E-state index in [-0.39, 0.29) is 23.5 Å². The van der Waals surface area contributed by atoms with Gasteiger partial charge in [0.25, 0.3) is 5.91 Å². The summed E-state index contributed by atoms with van der Waals surface area (Å²) in [6, 6.07) is 13.6. The first-order chi connectivity index (χ1) is 12.2. The van der Waals surface area contributed by atoms with E-state index in [0.29, 0.717) is 17.1 Å². The molecule has 2 rings (SSSR count). The summed E-state index contributed by atoms with van der Waals surface area (Å²) in [4.78, 5) is 14.6. The molecule has 1 amide bonds. The molecule has 140 valence electrons. The van der Waals surface area contributed by atoms with Gasteiger partial charge in [0, 0.05) is 12.6 Å². The number of rotatable bonds is 7. The molecule has 0 atom stereocenters. The predicted molar refractivity (Wildman–Crippen MR) is 103 cm³/mol. The van der Waals surface area contributed by atoms with Crippen LogP contribution in [0.5, 0.6) is 5.75 Å². The van der Waals surface area contributed by atoms with Crippen LogP contribution in [0.4, 0.5) is 0 Å². The molecule has 0 aromatic heterocycles. The van der Waals surface area contributed by atoms with E-state index < -0.39 is 10.1 Å². The van der Waals surface area contributed by atoms with Gasteiger partial charge in [-0.3, -0.25) is 4.79 Å². The molecule has 0 heterocycles. The standard InChI is InChI=1S/C19H22ClNO4S/c1-4-26(23,24)25-16-11-9-15(10-12-16)13-21(14(2)3)19(22)17-7-5-6-8-18(17)20/h5-12,14H,4,13H2,1-3H3. The minimum atomic E-state index is -3.56. The van der Waals surface area contributed by atoms with Crippen LogP contribution in [-0.2, 0) is 16.7 Å². The van der Waals surface area contributed by atoms with Crippen molar-refractivity contribution in [2.75, 3.05) is 5.75 Å². The van der Waals surface area contributed by atoms with Crippen molar-refractivity contribution in [3.63, 3.8) is 0 Å². The molecule has 0 aliphatic heterocycles. The second-order valence-electron chi connectivity index (χ2n) is 6.08.